The van der Waals surface area contributed by atoms with Crippen LogP contribution in [-0.2, 0) is 16.0 Å². The van der Waals surface area contributed by atoms with Crippen molar-refractivity contribution in [2.24, 2.45) is 0 Å². The number of piperidine rings is 1. The summed E-state index contributed by atoms with van der Waals surface area (Å²) in [6, 6.07) is 12.4. The maximum absolute atomic E-state index is 13.4. The number of ether oxygens (including phenoxy) is 2. The summed E-state index contributed by atoms with van der Waals surface area (Å²) >= 11 is 5.99. The molecular formula is C25H27ClN2O4. The van der Waals surface area contributed by atoms with Crippen LogP contribution in [0, 0.1) is 6.92 Å². The highest BCUT2D eigenvalue weighted by Crippen LogP contribution is 2.31. The van der Waals surface area contributed by atoms with E-state index in [9.17, 15) is 9.59 Å². The maximum Gasteiger partial charge on any atom is 0.262 e. The van der Waals surface area contributed by atoms with Crippen molar-refractivity contribution in [3.05, 3.63) is 64.3 Å². The quantitative estimate of drug-likeness (QED) is 0.570. The molecule has 3 aromatic rings. The first-order valence-electron chi connectivity index (χ1n) is 10.7. The molecule has 6 nitrogen and oxygen atoms in total. The van der Waals surface area contributed by atoms with E-state index in [0.29, 0.717) is 29.4 Å². The van der Waals surface area contributed by atoms with Gasteiger partial charge in [-0.25, -0.2) is 0 Å². The zero-order valence-electron chi connectivity index (χ0n) is 18.6. The molecule has 0 radical (unpaired) electrons. The highest BCUT2D eigenvalue weighted by molar-refractivity contribution is 6.30. The van der Waals surface area contributed by atoms with Crippen LogP contribution < -0.4 is 4.74 Å². The molecule has 1 aromatic heterocycles. The molecule has 0 unspecified atom stereocenters. The molecule has 0 atom stereocenters. The molecule has 168 valence electrons. The third-order valence-electron chi connectivity index (χ3n) is 6.29. The van der Waals surface area contributed by atoms with Crippen molar-refractivity contribution in [3.8, 4) is 5.75 Å². The van der Waals surface area contributed by atoms with Gasteiger partial charge in [-0.3, -0.25) is 14.2 Å². The van der Waals surface area contributed by atoms with E-state index in [-0.39, 0.29) is 24.3 Å². The summed E-state index contributed by atoms with van der Waals surface area (Å²) in [4.78, 5) is 28.4. The fraction of sp³-hybridized carbons (Fsp3) is 0.360. The van der Waals surface area contributed by atoms with Crippen molar-refractivity contribution in [2.45, 2.75) is 32.3 Å². The first-order valence-corrected chi connectivity index (χ1v) is 11.1. The topological polar surface area (TPSA) is 60.8 Å². The molecule has 0 bridgehead atoms. The largest absolute Gasteiger partial charge is 0.497 e. The molecule has 7 heteroatoms. The molecule has 2 heterocycles. The van der Waals surface area contributed by atoms with E-state index in [2.05, 4.69) is 0 Å². The van der Waals surface area contributed by atoms with Crippen LogP contribution in [0.25, 0.3) is 10.9 Å². The molecular weight excluding hydrogens is 428 g/mol. The van der Waals surface area contributed by atoms with Gasteiger partial charge in [0.2, 0.25) is 5.91 Å². The normalized spacial score (nSPS) is 14.7. The summed E-state index contributed by atoms with van der Waals surface area (Å²) < 4.78 is 12.5. The molecule has 0 spiro atoms. The number of hydrogen-bond donors (Lipinski definition) is 0. The number of carbonyl (C=O) groups excluding carboxylic acids is 2. The summed E-state index contributed by atoms with van der Waals surface area (Å²) in [6.45, 7) is 3.25. The Balaban J connectivity index is 1.72. The second kappa shape index (κ2) is 9.35. The van der Waals surface area contributed by atoms with Crippen molar-refractivity contribution in [1.82, 2.24) is 9.47 Å². The van der Waals surface area contributed by atoms with Gasteiger partial charge in [0.15, 0.2) is 0 Å². The lowest BCUT2D eigenvalue weighted by atomic mass is 10.0. The number of halogens is 1. The first kappa shape index (κ1) is 22.4. The van der Waals surface area contributed by atoms with E-state index in [1.54, 1.807) is 43.1 Å². The van der Waals surface area contributed by atoms with Crippen molar-refractivity contribution >= 4 is 34.3 Å². The highest BCUT2D eigenvalue weighted by atomic mass is 35.5. The van der Waals surface area contributed by atoms with Gasteiger partial charge in [0.05, 0.1) is 25.2 Å². The molecule has 1 aliphatic rings. The van der Waals surface area contributed by atoms with Crippen LogP contribution in [0.1, 0.15) is 34.5 Å². The Labute approximate surface area is 192 Å². The van der Waals surface area contributed by atoms with Gasteiger partial charge in [0, 0.05) is 41.9 Å². The number of nitrogens with zero attached hydrogens (tertiary/aromatic N) is 2. The van der Waals surface area contributed by atoms with E-state index < -0.39 is 0 Å². The van der Waals surface area contributed by atoms with Crippen molar-refractivity contribution < 1.29 is 19.1 Å². The zero-order chi connectivity index (χ0) is 22.8. The minimum absolute atomic E-state index is 0.0588. The Morgan fingerprint density at radius 3 is 2.38 bits per heavy atom. The van der Waals surface area contributed by atoms with E-state index in [1.165, 1.54) is 0 Å². The lowest BCUT2D eigenvalue weighted by Gasteiger charge is -2.31. The Morgan fingerprint density at radius 1 is 1.06 bits per heavy atom. The average Bonchev–Trinajstić information content (AvgIpc) is 3.09. The lowest BCUT2D eigenvalue weighted by molar-refractivity contribution is -0.132. The second-order valence-corrected chi connectivity index (χ2v) is 8.52. The van der Waals surface area contributed by atoms with Crippen LogP contribution in [-0.4, -0.2) is 54.7 Å². The summed E-state index contributed by atoms with van der Waals surface area (Å²) in [5, 5.41) is 1.42. The summed E-state index contributed by atoms with van der Waals surface area (Å²) in [7, 11) is 3.32. The molecule has 4 rings (SSSR count). The van der Waals surface area contributed by atoms with Gasteiger partial charge in [0.1, 0.15) is 5.75 Å². The standard InChI is InChI=1S/C25H27ClN2O4/c1-16-21(15-24(29)27-12-10-19(31-2)11-13-27)22-14-20(32-3)8-9-23(22)28(16)25(30)17-4-6-18(26)7-5-17/h4-9,14,19H,10-13,15H2,1-3H3. The van der Waals surface area contributed by atoms with Crippen LogP contribution in [0.5, 0.6) is 5.75 Å². The number of hydrogen-bond acceptors (Lipinski definition) is 4. The smallest absolute Gasteiger partial charge is 0.262 e. The number of methoxy groups -OCH3 is 2. The Hall–Kier alpha value is -2.83. The average molecular weight is 455 g/mol. The molecule has 1 aliphatic heterocycles. The van der Waals surface area contributed by atoms with Crippen LogP contribution >= 0.6 is 11.6 Å². The van der Waals surface area contributed by atoms with Gasteiger partial charge in [-0.1, -0.05) is 11.6 Å². The van der Waals surface area contributed by atoms with Crippen LogP contribution in [0.2, 0.25) is 5.02 Å². The number of rotatable bonds is 5. The SMILES string of the molecule is COc1ccc2c(c1)c(CC(=O)N1CCC(OC)CC1)c(C)n2C(=O)c1ccc(Cl)cc1. The van der Waals surface area contributed by atoms with Crippen molar-refractivity contribution in [2.75, 3.05) is 27.3 Å². The Kier molecular flexibility index (Phi) is 6.53. The van der Waals surface area contributed by atoms with Crippen LogP contribution in [0.4, 0.5) is 0 Å². The Bertz CT molecular complexity index is 1140. The number of amides is 1. The van der Waals surface area contributed by atoms with Crippen LogP contribution in [0.3, 0.4) is 0 Å². The third kappa shape index (κ3) is 4.25. The second-order valence-electron chi connectivity index (χ2n) is 8.09. The van der Waals surface area contributed by atoms with Gasteiger partial charge in [0.25, 0.3) is 5.91 Å². The Morgan fingerprint density at radius 2 is 1.75 bits per heavy atom. The van der Waals surface area contributed by atoms with E-state index in [0.717, 1.165) is 35.0 Å². The molecule has 0 saturated carbocycles. The predicted molar refractivity (Wildman–Crippen MR) is 125 cm³/mol. The molecule has 0 aliphatic carbocycles. The van der Waals surface area contributed by atoms with E-state index >= 15 is 0 Å². The lowest BCUT2D eigenvalue weighted by Crippen LogP contribution is -2.41. The monoisotopic (exact) mass is 454 g/mol. The van der Waals surface area contributed by atoms with Gasteiger partial charge < -0.3 is 14.4 Å². The molecule has 1 saturated heterocycles. The van der Waals surface area contributed by atoms with Crippen molar-refractivity contribution in [1.29, 1.82) is 0 Å². The highest BCUT2D eigenvalue weighted by Gasteiger charge is 2.26. The van der Waals surface area contributed by atoms with Gasteiger partial charge in [-0.05, 0) is 67.8 Å². The summed E-state index contributed by atoms with van der Waals surface area (Å²) in [5.74, 6) is 0.584. The molecule has 0 N–H and O–H groups in total. The maximum atomic E-state index is 13.4. The first-order chi connectivity index (χ1) is 15.4. The number of likely N-dealkylation sites (tertiary alicyclic amines) is 1. The minimum Gasteiger partial charge on any atom is -0.497 e. The number of carbonyl (C=O) groups is 2. The molecule has 1 fully saturated rings. The van der Waals surface area contributed by atoms with Crippen molar-refractivity contribution in [3.63, 3.8) is 0 Å². The summed E-state index contributed by atoms with van der Waals surface area (Å²) in [6.07, 6.45) is 2.12. The van der Waals surface area contributed by atoms with E-state index in [1.807, 2.05) is 30.0 Å². The summed E-state index contributed by atoms with van der Waals surface area (Å²) in [5.41, 5.74) is 2.89. The predicted octanol–water partition coefficient (Wildman–Crippen LogP) is 4.48. The molecule has 32 heavy (non-hydrogen) atoms. The number of aromatic nitrogens is 1. The number of benzene rings is 2. The molecule has 2 aromatic carbocycles. The van der Waals surface area contributed by atoms with Crippen LogP contribution in [0.15, 0.2) is 42.5 Å². The number of fused-ring (bicyclic) bond motifs is 1. The van der Waals surface area contributed by atoms with E-state index in [4.69, 9.17) is 21.1 Å². The van der Waals surface area contributed by atoms with Gasteiger partial charge in [-0.15, -0.1) is 0 Å². The minimum atomic E-state index is -0.158. The third-order valence-corrected chi connectivity index (χ3v) is 6.54. The fourth-order valence-electron chi connectivity index (χ4n) is 4.40. The fourth-order valence-corrected chi connectivity index (χ4v) is 4.53. The molecule has 1 amide bonds. The van der Waals surface area contributed by atoms with Gasteiger partial charge >= 0.3 is 0 Å². The van der Waals surface area contributed by atoms with Gasteiger partial charge in [-0.2, -0.15) is 0 Å². The zero-order valence-corrected chi connectivity index (χ0v) is 19.3.